The summed E-state index contributed by atoms with van der Waals surface area (Å²) in [5.41, 5.74) is 7.03. The van der Waals surface area contributed by atoms with E-state index in [1.165, 1.54) is 5.56 Å². The van der Waals surface area contributed by atoms with Crippen LogP contribution in [-0.4, -0.2) is 36.5 Å². The zero-order valence-corrected chi connectivity index (χ0v) is 14.5. The van der Waals surface area contributed by atoms with E-state index < -0.39 is 0 Å². The van der Waals surface area contributed by atoms with Gasteiger partial charge in [-0.2, -0.15) is 0 Å². The first kappa shape index (κ1) is 17.8. The van der Waals surface area contributed by atoms with Crippen molar-refractivity contribution in [3.63, 3.8) is 0 Å². The third-order valence-corrected chi connectivity index (χ3v) is 4.59. The van der Waals surface area contributed by atoms with E-state index in [1.807, 2.05) is 17.0 Å². The van der Waals surface area contributed by atoms with E-state index in [0.717, 1.165) is 44.6 Å². The molecule has 0 bridgehead atoms. The molecule has 0 radical (unpaired) electrons. The largest absolute Gasteiger partial charge is 0.494 e. The van der Waals surface area contributed by atoms with Gasteiger partial charge in [-0.3, -0.25) is 4.79 Å². The maximum absolute atomic E-state index is 12.5. The minimum Gasteiger partial charge on any atom is -0.494 e. The molecule has 2 unspecified atom stereocenters. The highest BCUT2D eigenvalue weighted by molar-refractivity contribution is 5.77. The summed E-state index contributed by atoms with van der Waals surface area (Å²) in [4.78, 5) is 14.5. The Labute approximate surface area is 140 Å². The minimum atomic E-state index is 0.219. The summed E-state index contributed by atoms with van der Waals surface area (Å²) in [6, 6.07) is 8.30. The van der Waals surface area contributed by atoms with Gasteiger partial charge in [0.2, 0.25) is 5.91 Å². The number of carbonyl (C=O) groups excluding carboxylic acids is 1. The molecule has 2 rings (SSSR count). The van der Waals surface area contributed by atoms with E-state index in [4.69, 9.17) is 10.5 Å². The van der Waals surface area contributed by atoms with E-state index in [-0.39, 0.29) is 11.9 Å². The van der Waals surface area contributed by atoms with Gasteiger partial charge in [-0.05, 0) is 49.3 Å². The molecule has 2 atom stereocenters. The molecule has 4 nitrogen and oxygen atoms in total. The van der Waals surface area contributed by atoms with Crippen molar-refractivity contribution in [2.75, 3.05) is 19.7 Å². The maximum atomic E-state index is 12.5. The summed E-state index contributed by atoms with van der Waals surface area (Å²) in [5.74, 6) is 1.80. The van der Waals surface area contributed by atoms with Crippen LogP contribution >= 0.6 is 0 Å². The molecule has 0 aliphatic carbocycles. The number of carbonyl (C=O) groups is 1. The second kappa shape index (κ2) is 8.92. The lowest BCUT2D eigenvalue weighted by molar-refractivity contribution is -0.135. The van der Waals surface area contributed by atoms with Crippen LogP contribution in [0.25, 0.3) is 0 Å². The van der Waals surface area contributed by atoms with Crippen LogP contribution in [0.3, 0.4) is 0 Å². The Bertz CT molecular complexity index is 487. The maximum Gasteiger partial charge on any atom is 0.223 e. The van der Waals surface area contributed by atoms with Crippen LogP contribution in [0.2, 0.25) is 0 Å². The van der Waals surface area contributed by atoms with Gasteiger partial charge < -0.3 is 15.4 Å². The SMILES string of the molecule is CCCOc1ccc(CCC(=O)N2CCC(C)CC2CN)cc1. The third-order valence-electron chi connectivity index (χ3n) is 4.59. The summed E-state index contributed by atoms with van der Waals surface area (Å²) < 4.78 is 5.58. The van der Waals surface area contributed by atoms with Crippen molar-refractivity contribution in [2.45, 2.75) is 52.0 Å². The first-order valence-corrected chi connectivity index (χ1v) is 8.85. The number of nitrogens with two attached hydrogens (primary N) is 1. The van der Waals surface area contributed by atoms with Gasteiger partial charge >= 0.3 is 0 Å². The zero-order valence-electron chi connectivity index (χ0n) is 14.5. The predicted molar refractivity (Wildman–Crippen MR) is 93.5 cm³/mol. The second-order valence-electron chi connectivity index (χ2n) is 6.60. The van der Waals surface area contributed by atoms with Gasteiger partial charge in [-0.1, -0.05) is 26.0 Å². The molecular weight excluding hydrogens is 288 g/mol. The summed E-state index contributed by atoms with van der Waals surface area (Å²) in [6.07, 6.45) is 4.46. The fourth-order valence-electron chi connectivity index (χ4n) is 3.17. The molecule has 1 aliphatic rings. The van der Waals surface area contributed by atoms with Crippen molar-refractivity contribution >= 4 is 5.91 Å². The van der Waals surface area contributed by atoms with E-state index in [1.54, 1.807) is 0 Å². The fraction of sp³-hybridized carbons (Fsp3) is 0.632. The lowest BCUT2D eigenvalue weighted by Crippen LogP contribution is -2.49. The molecule has 23 heavy (non-hydrogen) atoms. The van der Waals surface area contributed by atoms with Gasteiger partial charge in [0.15, 0.2) is 0 Å². The van der Waals surface area contributed by atoms with E-state index in [0.29, 0.717) is 18.9 Å². The molecule has 128 valence electrons. The average molecular weight is 318 g/mol. The molecule has 4 heteroatoms. The monoisotopic (exact) mass is 318 g/mol. The van der Waals surface area contributed by atoms with Gasteiger partial charge in [0.1, 0.15) is 5.75 Å². The Hall–Kier alpha value is -1.55. The Morgan fingerprint density at radius 1 is 1.35 bits per heavy atom. The molecule has 0 saturated carbocycles. The molecule has 1 saturated heterocycles. The first-order valence-electron chi connectivity index (χ1n) is 8.85. The van der Waals surface area contributed by atoms with Crippen molar-refractivity contribution in [2.24, 2.45) is 11.7 Å². The van der Waals surface area contributed by atoms with Gasteiger partial charge in [0.25, 0.3) is 0 Å². The molecule has 1 fully saturated rings. The summed E-state index contributed by atoms with van der Waals surface area (Å²) >= 11 is 0. The van der Waals surface area contributed by atoms with Crippen LogP contribution in [0.15, 0.2) is 24.3 Å². The van der Waals surface area contributed by atoms with Gasteiger partial charge in [0, 0.05) is 25.6 Å². The number of hydrogen-bond donors (Lipinski definition) is 1. The van der Waals surface area contributed by atoms with Crippen molar-refractivity contribution in [3.8, 4) is 5.75 Å². The van der Waals surface area contributed by atoms with Gasteiger partial charge in [-0.15, -0.1) is 0 Å². The molecule has 1 aromatic rings. The van der Waals surface area contributed by atoms with Crippen molar-refractivity contribution in [3.05, 3.63) is 29.8 Å². The second-order valence-corrected chi connectivity index (χ2v) is 6.60. The van der Waals surface area contributed by atoms with Crippen LogP contribution in [0, 0.1) is 5.92 Å². The first-order chi connectivity index (χ1) is 11.1. The lowest BCUT2D eigenvalue weighted by atomic mass is 9.92. The predicted octanol–water partition coefficient (Wildman–Crippen LogP) is 2.99. The molecule has 2 N–H and O–H groups in total. The molecule has 1 aliphatic heterocycles. The van der Waals surface area contributed by atoms with E-state index in [9.17, 15) is 4.79 Å². The molecular formula is C19H30N2O2. The normalized spacial score (nSPS) is 21.3. The van der Waals surface area contributed by atoms with E-state index >= 15 is 0 Å². The number of ether oxygens (including phenoxy) is 1. The van der Waals surface area contributed by atoms with Crippen molar-refractivity contribution in [1.29, 1.82) is 0 Å². The van der Waals surface area contributed by atoms with Gasteiger partial charge in [-0.25, -0.2) is 0 Å². The molecule has 0 spiro atoms. The number of aryl methyl sites for hydroxylation is 1. The fourth-order valence-corrected chi connectivity index (χ4v) is 3.17. The molecule has 1 amide bonds. The number of hydrogen-bond acceptors (Lipinski definition) is 3. The van der Waals surface area contributed by atoms with Crippen LogP contribution in [0.5, 0.6) is 5.75 Å². The van der Waals surface area contributed by atoms with Crippen molar-refractivity contribution < 1.29 is 9.53 Å². The number of amides is 1. The number of likely N-dealkylation sites (tertiary alicyclic amines) is 1. The van der Waals surface area contributed by atoms with Gasteiger partial charge in [0.05, 0.1) is 6.61 Å². The smallest absolute Gasteiger partial charge is 0.223 e. The van der Waals surface area contributed by atoms with Crippen LogP contribution in [0.4, 0.5) is 0 Å². The number of piperidine rings is 1. The quantitative estimate of drug-likeness (QED) is 0.841. The third kappa shape index (κ3) is 5.24. The lowest BCUT2D eigenvalue weighted by Gasteiger charge is -2.38. The highest BCUT2D eigenvalue weighted by atomic mass is 16.5. The summed E-state index contributed by atoms with van der Waals surface area (Å²) in [6.45, 7) is 6.50. The average Bonchev–Trinajstić information content (AvgIpc) is 2.58. The number of benzene rings is 1. The highest BCUT2D eigenvalue weighted by Gasteiger charge is 2.28. The minimum absolute atomic E-state index is 0.219. The highest BCUT2D eigenvalue weighted by Crippen LogP contribution is 2.23. The summed E-state index contributed by atoms with van der Waals surface area (Å²) in [5, 5.41) is 0. The zero-order chi connectivity index (χ0) is 16.7. The summed E-state index contributed by atoms with van der Waals surface area (Å²) in [7, 11) is 0. The Kier molecular flexibility index (Phi) is 6.90. The van der Waals surface area contributed by atoms with Crippen molar-refractivity contribution in [1.82, 2.24) is 4.90 Å². The molecule has 0 aromatic heterocycles. The van der Waals surface area contributed by atoms with Crippen LogP contribution in [0.1, 0.15) is 45.1 Å². The molecule has 1 heterocycles. The standard InChI is InChI=1S/C19H30N2O2/c1-3-12-23-18-7-4-16(5-8-18)6-9-19(22)21-11-10-15(2)13-17(21)14-20/h4-5,7-8,15,17H,3,6,9-14,20H2,1-2H3. The Morgan fingerprint density at radius 3 is 2.74 bits per heavy atom. The van der Waals surface area contributed by atoms with Crippen LogP contribution < -0.4 is 10.5 Å². The molecule has 1 aromatic carbocycles. The Morgan fingerprint density at radius 2 is 2.09 bits per heavy atom. The van der Waals surface area contributed by atoms with Crippen LogP contribution in [-0.2, 0) is 11.2 Å². The topological polar surface area (TPSA) is 55.6 Å². The number of rotatable bonds is 7. The van der Waals surface area contributed by atoms with E-state index in [2.05, 4.69) is 26.0 Å². The Balaban J connectivity index is 1.83. The number of nitrogens with zero attached hydrogens (tertiary/aromatic N) is 1.